The van der Waals surface area contributed by atoms with E-state index in [4.69, 9.17) is 0 Å². The molecule has 7 heteroatoms. The first-order valence-electron chi connectivity index (χ1n) is 8.33. The highest BCUT2D eigenvalue weighted by Gasteiger charge is 2.01. The molecule has 1 heterocycles. The molecule has 0 bridgehead atoms. The van der Waals surface area contributed by atoms with Gasteiger partial charge in [-0.1, -0.05) is 12.1 Å². The molecule has 5 nitrogen and oxygen atoms in total. The second-order valence-electron chi connectivity index (χ2n) is 5.83. The first kappa shape index (κ1) is 21.4. The van der Waals surface area contributed by atoms with Crippen molar-refractivity contribution in [2.75, 3.05) is 13.1 Å². The fourth-order valence-electron chi connectivity index (χ4n) is 2.42. The highest BCUT2D eigenvalue weighted by molar-refractivity contribution is 14.0. The van der Waals surface area contributed by atoms with E-state index in [1.807, 2.05) is 37.1 Å². The van der Waals surface area contributed by atoms with E-state index in [0.717, 1.165) is 37.5 Å². The number of aromatic nitrogens is 2. The van der Waals surface area contributed by atoms with E-state index in [1.165, 1.54) is 11.6 Å². The summed E-state index contributed by atoms with van der Waals surface area (Å²) >= 11 is 0. The monoisotopic (exact) mass is 459 g/mol. The molecule has 1 aromatic heterocycles. The van der Waals surface area contributed by atoms with Crippen molar-refractivity contribution in [2.24, 2.45) is 12.0 Å². The molecule has 138 valence electrons. The van der Waals surface area contributed by atoms with Crippen LogP contribution in [-0.4, -0.2) is 28.8 Å². The van der Waals surface area contributed by atoms with Crippen molar-refractivity contribution in [3.05, 3.63) is 53.1 Å². The molecule has 0 spiro atoms. The first-order chi connectivity index (χ1) is 11.6. The minimum Gasteiger partial charge on any atom is -0.357 e. The van der Waals surface area contributed by atoms with Gasteiger partial charge >= 0.3 is 0 Å². The number of benzene rings is 1. The highest BCUT2D eigenvalue weighted by Crippen LogP contribution is 2.10. The zero-order chi connectivity index (χ0) is 17.4. The number of aliphatic imine (C=N–C) groups is 1. The number of guanidine groups is 1. The van der Waals surface area contributed by atoms with Gasteiger partial charge in [0.25, 0.3) is 0 Å². The SMILES string of the molecule is CCNC(=NCc1ccc(F)c(C)c1)NCCCc1cnn(C)c1.I. The highest BCUT2D eigenvalue weighted by atomic mass is 127. The van der Waals surface area contributed by atoms with Crippen LogP contribution in [0, 0.1) is 12.7 Å². The van der Waals surface area contributed by atoms with Crippen LogP contribution < -0.4 is 10.6 Å². The molecule has 0 aliphatic carbocycles. The molecule has 0 aliphatic heterocycles. The topological polar surface area (TPSA) is 54.2 Å². The average molecular weight is 459 g/mol. The number of hydrogen-bond acceptors (Lipinski definition) is 2. The third-order valence-corrected chi connectivity index (χ3v) is 3.68. The quantitative estimate of drug-likeness (QED) is 0.290. The van der Waals surface area contributed by atoms with Crippen LogP contribution in [0.15, 0.2) is 35.6 Å². The lowest BCUT2D eigenvalue weighted by Gasteiger charge is -2.11. The van der Waals surface area contributed by atoms with E-state index in [0.29, 0.717) is 12.1 Å². The van der Waals surface area contributed by atoms with E-state index in [2.05, 4.69) is 20.7 Å². The van der Waals surface area contributed by atoms with Crippen LogP contribution in [0.1, 0.15) is 30.0 Å². The van der Waals surface area contributed by atoms with Crippen LogP contribution >= 0.6 is 24.0 Å². The Morgan fingerprint density at radius 3 is 2.72 bits per heavy atom. The maximum Gasteiger partial charge on any atom is 0.191 e. The van der Waals surface area contributed by atoms with Crippen molar-refractivity contribution in [2.45, 2.75) is 33.2 Å². The summed E-state index contributed by atoms with van der Waals surface area (Å²) < 4.78 is 15.1. The molecule has 2 rings (SSSR count). The predicted molar refractivity (Wildman–Crippen MR) is 111 cm³/mol. The average Bonchev–Trinajstić information content (AvgIpc) is 2.97. The Morgan fingerprint density at radius 2 is 2.08 bits per heavy atom. The lowest BCUT2D eigenvalue weighted by molar-refractivity contribution is 0.617. The second kappa shape index (κ2) is 11.1. The molecule has 0 fully saturated rings. The molecular weight excluding hydrogens is 432 g/mol. The van der Waals surface area contributed by atoms with Crippen molar-refractivity contribution in [1.82, 2.24) is 20.4 Å². The van der Waals surface area contributed by atoms with Gasteiger partial charge in [-0.25, -0.2) is 9.38 Å². The number of nitrogens with one attached hydrogen (secondary N) is 2. The summed E-state index contributed by atoms with van der Waals surface area (Å²) in [6.45, 7) is 5.97. The molecule has 0 aliphatic rings. The molecule has 0 saturated heterocycles. The summed E-state index contributed by atoms with van der Waals surface area (Å²) in [6, 6.07) is 5.11. The van der Waals surface area contributed by atoms with E-state index < -0.39 is 0 Å². The number of hydrogen-bond donors (Lipinski definition) is 2. The van der Waals surface area contributed by atoms with Crippen LogP contribution in [-0.2, 0) is 20.0 Å². The summed E-state index contributed by atoms with van der Waals surface area (Å²) in [6.07, 6.45) is 5.93. The third-order valence-electron chi connectivity index (χ3n) is 3.68. The lowest BCUT2D eigenvalue weighted by atomic mass is 10.1. The maximum atomic E-state index is 13.3. The number of rotatable bonds is 7. The standard InChI is InChI=1S/C18H26FN5.HI/c1-4-20-18(21-9-5-6-16-12-23-24(3)13-16)22-11-15-7-8-17(19)14(2)10-15;/h7-8,10,12-13H,4-6,9,11H2,1-3H3,(H2,20,21,22);1H. The van der Waals surface area contributed by atoms with Gasteiger partial charge < -0.3 is 10.6 Å². The molecule has 2 N–H and O–H groups in total. The number of nitrogens with zero attached hydrogens (tertiary/aromatic N) is 3. The Balaban J connectivity index is 0.00000312. The van der Waals surface area contributed by atoms with Crippen LogP contribution in [0.5, 0.6) is 0 Å². The van der Waals surface area contributed by atoms with E-state index >= 15 is 0 Å². The molecule has 0 amide bonds. The Hall–Kier alpha value is -1.64. The van der Waals surface area contributed by atoms with Gasteiger partial charge in [-0.05, 0) is 49.4 Å². The van der Waals surface area contributed by atoms with E-state index in [-0.39, 0.29) is 29.8 Å². The molecular formula is C18H27FIN5. The van der Waals surface area contributed by atoms with Gasteiger partial charge in [0, 0.05) is 26.3 Å². The summed E-state index contributed by atoms with van der Waals surface area (Å²) in [4.78, 5) is 4.56. The predicted octanol–water partition coefficient (Wildman–Crippen LogP) is 3.17. The van der Waals surface area contributed by atoms with Crippen LogP contribution in [0.4, 0.5) is 4.39 Å². The fourth-order valence-corrected chi connectivity index (χ4v) is 2.42. The van der Waals surface area contributed by atoms with Gasteiger partial charge in [0.1, 0.15) is 5.82 Å². The van der Waals surface area contributed by atoms with Crippen molar-refractivity contribution in [3.63, 3.8) is 0 Å². The van der Waals surface area contributed by atoms with Crippen molar-refractivity contribution in [1.29, 1.82) is 0 Å². The van der Waals surface area contributed by atoms with Crippen molar-refractivity contribution < 1.29 is 4.39 Å². The lowest BCUT2D eigenvalue weighted by Crippen LogP contribution is -2.37. The van der Waals surface area contributed by atoms with E-state index in [9.17, 15) is 4.39 Å². The summed E-state index contributed by atoms with van der Waals surface area (Å²) in [5.74, 6) is 0.605. The second-order valence-corrected chi connectivity index (χ2v) is 5.83. The van der Waals surface area contributed by atoms with Crippen LogP contribution in [0.3, 0.4) is 0 Å². The molecule has 0 unspecified atom stereocenters. The van der Waals surface area contributed by atoms with E-state index in [1.54, 1.807) is 13.0 Å². The van der Waals surface area contributed by atoms with Crippen molar-refractivity contribution >= 4 is 29.9 Å². The Kier molecular flexibility index (Phi) is 9.48. The molecule has 0 saturated carbocycles. The smallest absolute Gasteiger partial charge is 0.191 e. The fraction of sp³-hybridized carbons (Fsp3) is 0.444. The van der Waals surface area contributed by atoms with Gasteiger partial charge in [0.05, 0.1) is 12.7 Å². The minimum atomic E-state index is -0.178. The van der Waals surface area contributed by atoms with Gasteiger partial charge in [-0.2, -0.15) is 5.10 Å². The maximum absolute atomic E-state index is 13.3. The number of aryl methyl sites for hydroxylation is 3. The Morgan fingerprint density at radius 1 is 1.28 bits per heavy atom. The van der Waals surface area contributed by atoms with Gasteiger partial charge in [-0.3, -0.25) is 4.68 Å². The van der Waals surface area contributed by atoms with Gasteiger partial charge in [-0.15, -0.1) is 24.0 Å². The van der Waals surface area contributed by atoms with Gasteiger partial charge in [0.2, 0.25) is 0 Å². The third kappa shape index (κ3) is 7.41. The molecule has 0 radical (unpaired) electrons. The molecule has 0 atom stereocenters. The zero-order valence-electron chi connectivity index (χ0n) is 15.1. The Bertz CT molecular complexity index is 684. The zero-order valence-corrected chi connectivity index (χ0v) is 17.4. The minimum absolute atomic E-state index is 0. The summed E-state index contributed by atoms with van der Waals surface area (Å²) in [7, 11) is 1.93. The summed E-state index contributed by atoms with van der Waals surface area (Å²) in [5, 5.41) is 10.7. The van der Waals surface area contributed by atoms with Crippen LogP contribution in [0.25, 0.3) is 0 Å². The number of halogens is 2. The first-order valence-corrected chi connectivity index (χ1v) is 8.33. The molecule has 1 aromatic carbocycles. The Labute approximate surface area is 166 Å². The van der Waals surface area contributed by atoms with Crippen LogP contribution in [0.2, 0.25) is 0 Å². The van der Waals surface area contributed by atoms with Gasteiger partial charge in [0.15, 0.2) is 5.96 Å². The largest absolute Gasteiger partial charge is 0.357 e. The normalized spacial score (nSPS) is 11.1. The molecule has 25 heavy (non-hydrogen) atoms. The molecule has 2 aromatic rings. The van der Waals surface area contributed by atoms with Crippen molar-refractivity contribution in [3.8, 4) is 0 Å². The summed E-state index contributed by atoms with van der Waals surface area (Å²) in [5.41, 5.74) is 2.89.